The normalized spacial score (nSPS) is 11.7. The summed E-state index contributed by atoms with van der Waals surface area (Å²) in [5.74, 6) is -0.182. The van der Waals surface area contributed by atoms with Gasteiger partial charge in [0.1, 0.15) is 17.6 Å². The Labute approximate surface area is 154 Å². The lowest BCUT2D eigenvalue weighted by Gasteiger charge is -2.14. The maximum Gasteiger partial charge on any atom is 0.365 e. The molecule has 3 aromatic rings. The van der Waals surface area contributed by atoms with Crippen molar-refractivity contribution < 1.29 is 13.9 Å². The van der Waals surface area contributed by atoms with Crippen LogP contribution in [0.25, 0.3) is 11.3 Å². The van der Waals surface area contributed by atoms with Crippen LogP contribution in [0.4, 0.5) is 10.1 Å². The van der Waals surface area contributed by atoms with Gasteiger partial charge in [0.2, 0.25) is 5.91 Å². The fraction of sp³-hybridized carbons (Fsp3) is 0.158. The van der Waals surface area contributed by atoms with Gasteiger partial charge in [0.05, 0.1) is 19.0 Å². The van der Waals surface area contributed by atoms with E-state index in [9.17, 15) is 14.0 Å². The van der Waals surface area contributed by atoms with Crippen LogP contribution in [0.15, 0.2) is 59.5 Å². The first-order valence-corrected chi connectivity index (χ1v) is 8.14. The van der Waals surface area contributed by atoms with E-state index < -0.39 is 23.5 Å². The average molecular weight is 368 g/mol. The van der Waals surface area contributed by atoms with Gasteiger partial charge in [-0.25, -0.2) is 13.9 Å². The zero-order chi connectivity index (χ0) is 19.4. The predicted octanol–water partition coefficient (Wildman–Crippen LogP) is 2.65. The lowest BCUT2D eigenvalue weighted by molar-refractivity contribution is -0.119. The molecule has 3 rings (SSSR count). The molecule has 1 heterocycles. The number of amides is 1. The first kappa shape index (κ1) is 18.2. The van der Waals surface area contributed by atoms with E-state index in [-0.39, 0.29) is 0 Å². The van der Waals surface area contributed by atoms with Gasteiger partial charge >= 0.3 is 5.69 Å². The highest BCUT2D eigenvalue weighted by Crippen LogP contribution is 2.19. The molecule has 8 heteroatoms. The Balaban J connectivity index is 1.78. The largest absolute Gasteiger partial charge is 0.497 e. The standard InChI is InChI=1S/C19H17FN4O3/c1-12(18(25)22-15-7-5-14(20)6-8-15)24-19(26)23-17(11-21-24)13-3-9-16(27-2)10-4-13/h3-12H,1-2H3,(H,22,25)/t12-/m0/s1. The second-order valence-corrected chi connectivity index (χ2v) is 5.77. The molecule has 2 aromatic carbocycles. The van der Waals surface area contributed by atoms with E-state index in [4.69, 9.17) is 4.74 Å². The van der Waals surface area contributed by atoms with Crippen molar-refractivity contribution in [2.24, 2.45) is 0 Å². The van der Waals surface area contributed by atoms with Gasteiger partial charge in [0.15, 0.2) is 0 Å². The number of nitrogens with one attached hydrogen (secondary N) is 1. The van der Waals surface area contributed by atoms with Crippen molar-refractivity contribution in [2.75, 3.05) is 12.4 Å². The Bertz CT molecular complexity index is 1000. The van der Waals surface area contributed by atoms with Gasteiger partial charge in [-0.2, -0.15) is 10.1 Å². The second kappa shape index (κ2) is 7.77. The van der Waals surface area contributed by atoms with Crippen LogP contribution in [0, 0.1) is 5.82 Å². The van der Waals surface area contributed by atoms with Crippen molar-refractivity contribution in [1.82, 2.24) is 14.8 Å². The van der Waals surface area contributed by atoms with Gasteiger partial charge in [-0.15, -0.1) is 0 Å². The van der Waals surface area contributed by atoms with Crippen molar-refractivity contribution in [1.29, 1.82) is 0 Å². The summed E-state index contributed by atoms with van der Waals surface area (Å²) >= 11 is 0. The number of halogens is 1. The fourth-order valence-electron chi connectivity index (χ4n) is 2.41. The van der Waals surface area contributed by atoms with Crippen molar-refractivity contribution >= 4 is 11.6 Å². The Morgan fingerprint density at radius 2 is 1.81 bits per heavy atom. The third-order valence-corrected chi connectivity index (χ3v) is 3.96. The third-order valence-electron chi connectivity index (χ3n) is 3.96. The maximum absolute atomic E-state index is 12.9. The number of ether oxygens (including phenoxy) is 1. The summed E-state index contributed by atoms with van der Waals surface area (Å²) in [6.07, 6.45) is 1.42. The van der Waals surface area contributed by atoms with Crippen LogP contribution in [0.1, 0.15) is 13.0 Å². The number of hydrogen-bond acceptors (Lipinski definition) is 5. The molecule has 0 saturated heterocycles. The van der Waals surface area contributed by atoms with Crippen LogP contribution in [0.3, 0.4) is 0 Å². The van der Waals surface area contributed by atoms with Gasteiger partial charge in [0, 0.05) is 11.3 Å². The topological polar surface area (TPSA) is 86.1 Å². The first-order chi connectivity index (χ1) is 13.0. The van der Waals surface area contributed by atoms with Gasteiger partial charge in [-0.05, 0) is 55.5 Å². The molecular weight excluding hydrogens is 351 g/mol. The van der Waals surface area contributed by atoms with Gasteiger partial charge in [0.25, 0.3) is 0 Å². The highest BCUT2D eigenvalue weighted by Gasteiger charge is 2.18. The van der Waals surface area contributed by atoms with Crippen LogP contribution >= 0.6 is 0 Å². The lowest BCUT2D eigenvalue weighted by atomic mass is 10.1. The number of aromatic nitrogens is 3. The number of anilines is 1. The van der Waals surface area contributed by atoms with Crippen LogP contribution in [-0.4, -0.2) is 27.8 Å². The number of rotatable bonds is 5. The summed E-state index contributed by atoms with van der Waals surface area (Å²) in [4.78, 5) is 28.6. The van der Waals surface area contributed by atoms with E-state index in [0.717, 1.165) is 4.68 Å². The minimum absolute atomic E-state index is 0.394. The molecule has 0 spiro atoms. The quantitative estimate of drug-likeness (QED) is 0.748. The molecule has 0 fully saturated rings. The van der Waals surface area contributed by atoms with Crippen LogP contribution in [-0.2, 0) is 4.79 Å². The number of methoxy groups -OCH3 is 1. The zero-order valence-corrected chi connectivity index (χ0v) is 14.7. The van der Waals surface area contributed by atoms with Gasteiger partial charge < -0.3 is 10.1 Å². The second-order valence-electron chi connectivity index (χ2n) is 5.77. The molecule has 1 amide bonds. The van der Waals surface area contributed by atoms with E-state index in [1.807, 2.05) is 0 Å². The molecule has 0 aliphatic carbocycles. The molecule has 0 aliphatic rings. The van der Waals surface area contributed by atoms with Crippen LogP contribution < -0.4 is 15.7 Å². The van der Waals surface area contributed by atoms with Crippen LogP contribution in [0.5, 0.6) is 5.75 Å². The van der Waals surface area contributed by atoms with Crippen molar-refractivity contribution in [3.63, 3.8) is 0 Å². The SMILES string of the molecule is COc1ccc(-c2cnn([C@@H](C)C(=O)Nc3ccc(F)cc3)c(=O)n2)cc1. The highest BCUT2D eigenvalue weighted by molar-refractivity contribution is 5.93. The Kier molecular flexibility index (Phi) is 5.25. The number of benzene rings is 2. The van der Waals surface area contributed by atoms with E-state index >= 15 is 0 Å². The molecule has 1 aromatic heterocycles. The van der Waals surface area contributed by atoms with E-state index in [1.54, 1.807) is 31.4 Å². The molecule has 0 radical (unpaired) electrons. The Morgan fingerprint density at radius 3 is 2.41 bits per heavy atom. The number of hydrogen-bond donors (Lipinski definition) is 1. The smallest absolute Gasteiger partial charge is 0.365 e. The van der Waals surface area contributed by atoms with Gasteiger partial charge in [-0.1, -0.05) is 0 Å². The summed E-state index contributed by atoms with van der Waals surface area (Å²) in [6.45, 7) is 1.53. The van der Waals surface area contributed by atoms with Crippen molar-refractivity contribution in [2.45, 2.75) is 13.0 Å². The number of carbonyl (C=O) groups excluding carboxylic acids is 1. The van der Waals surface area contributed by atoms with Gasteiger partial charge in [-0.3, -0.25) is 4.79 Å². The predicted molar refractivity (Wildman–Crippen MR) is 98.0 cm³/mol. The number of nitrogens with zero attached hydrogens (tertiary/aromatic N) is 3. The molecule has 1 N–H and O–H groups in total. The maximum atomic E-state index is 12.9. The molecule has 0 bridgehead atoms. The average Bonchev–Trinajstić information content (AvgIpc) is 2.69. The summed E-state index contributed by atoms with van der Waals surface area (Å²) in [7, 11) is 1.56. The van der Waals surface area contributed by atoms with Crippen LogP contribution in [0.2, 0.25) is 0 Å². The minimum atomic E-state index is -0.889. The Hall–Kier alpha value is -3.55. The summed E-state index contributed by atoms with van der Waals surface area (Å²) in [5.41, 5.74) is 0.871. The molecule has 0 unspecified atom stereocenters. The summed E-state index contributed by atoms with van der Waals surface area (Å²) < 4.78 is 19.0. The summed E-state index contributed by atoms with van der Waals surface area (Å²) in [6, 6.07) is 11.5. The Morgan fingerprint density at radius 1 is 1.15 bits per heavy atom. The fourth-order valence-corrected chi connectivity index (χ4v) is 2.41. The molecule has 27 heavy (non-hydrogen) atoms. The molecule has 0 aliphatic heterocycles. The third kappa shape index (κ3) is 4.17. The highest BCUT2D eigenvalue weighted by atomic mass is 19.1. The molecule has 0 saturated carbocycles. The zero-order valence-electron chi connectivity index (χ0n) is 14.7. The molecule has 7 nitrogen and oxygen atoms in total. The lowest BCUT2D eigenvalue weighted by Crippen LogP contribution is -2.34. The molecule has 1 atom stereocenters. The summed E-state index contributed by atoms with van der Waals surface area (Å²) in [5, 5.41) is 6.67. The molecular formula is C19H17FN4O3. The van der Waals surface area contributed by atoms with Crippen molar-refractivity contribution in [3.8, 4) is 17.0 Å². The number of carbonyl (C=O) groups is 1. The molecule has 138 valence electrons. The minimum Gasteiger partial charge on any atom is -0.497 e. The van der Waals surface area contributed by atoms with Crippen molar-refractivity contribution in [3.05, 3.63) is 71.0 Å². The van der Waals surface area contributed by atoms with E-state index in [2.05, 4.69) is 15.4 Å². The van der Waals surface area contributed by atoms with E-state index in [1.165, 1.54) is 37.4 Å². The first-order valence-electron chi connectivity index (χ1n) is 8.14. The van der Waals surface area contributed by atoms with E-state index in [0.29, 0.717) is 22.7 Å². The monoisotopic (exact) mass is 368 g/mol.